The number of thiazole rings is 1. The molecule has 27 heavy (non-hydrogen) atoms. The van der Waals surface area contributed by atoms with E-state index in [1.54, 1.807) is 17.6 Å². The summed E-state index contributed by atoms with van der Waals surface area (Å²) in [5, 5.41) is 30.1. The summed E-state index contributed by atoms with van der Waals surface area (Å²) < 4.78 is 5.70. The van der Waals surface area contributed by atoms with Crippen molar-refractivity contribution in [1.82, 2.24) is 4.98 Å². The third-order valence-electron chi connectivity index (χ3n) is 5.01. The summed E-state index contributed by atoms with van der Waals surface area (Å²) >= 11 is 1.51. The van der Waals surface area contributed by atoms with Crippen LogP contribution in [0, 0.1) is 11.3 Å². The minimum Gasteiger partial charge on any atom is -0.487 e. The summed E-state index contributed by atoms with van der Waals surface area (Å²) in [7, 11) is 0. The van der Waals surface area contributed by atoms with Gasteiger partial charge in [-0.25, -0.2) is 4.98 Å². The number of nitrogens with one attached hydrogen (secondary N) is 1. The highest BCUT2D eigenvalue weighted by atomic mass is 32.1. The number of rotatable bonds is 9. The number of carboxylic acids is 1. The molecule has 0 radical (unpaired) electrons. The molecule has 0 spiro atoms. The van der Waals surface area contributed by atoms with E-state index in [4.69, 9.17) is 15.3 Å². The van der Waals surface area contributed by atoms with E-state index in [2.05, 4.69) is 4.98 Å². The van der Waals surface area contributed by atoms with Gasteiger partial charge in [-0.15, -0.1) is 11.3 Å². The minimum atomic E-state index is -1.11. The number of aromatic nitrogens is 1. The van der Waals surface area contributed by atoms with Gasteiger partial charge in [0.1, 0.15) is 12.4 Å². The first kappa shape index (κ1) is 19.5. The molecule has 1 aliphatic rings. The van der Waals surface area contributed by atoms with Crippen LogP contribution in [0.4, 0.5) is 0 Å². The van der Waals surface area contributed by atoms with Crippen LogP contribution >= 0.6 is 11.3 Å². The van der Waals surface area contributed by atoms with Crippen molar-refractivity contribution >= 4 is 23.0 Å². The highest BCUT2D eigenvalue weighted by molar-refractivity contribution is 7.07. The third-order valence-corrected chi connectivity index (χ3v) is 5.64. The molecule has 144 valence electrons. The van der Waals surface area contributed by atoms with Gasteiger partial charge in [0.25, 0.3) is 0 Å². The summed E-state index contributed by atoms with van der Waals surface area (Å²) in [6, 6.07) is 7.22. The zero-order valence-corrected chi connectivity index (χ0v) is 15.8. The molecule has 0 saturated heterocycles. The molecule has 3 N–H and O–H groups in total. The van der Waals surface area contributed by atoms with Gasteiger partial charge in [-0.3, -0.25) is 4.79 Å². The van der Waals surface area contributed by atoms with Crippen LogP contribution in [0.15, 0.2) is 35.2 Å². The van der Waals surface area contributed by atoms with E-state index in [1.165, 1.54) is 11.3 Å². The van der Waals surface area contributed by atoms with Crippen LogP contribution in [0.2, 0.25) is 0 Å². The second-order valence-corrected chi connectivity index (χ2v) is 7.64. The molecular weight excluding hydrogens is 364 g/mol. The summed E-state index contributed by atoms with van der Waals surface area (Å²) in [5.41, 5.74) is 3.81. The Balaban J connectivity index is 1.74. The van der Waals surface area contributed by atoms with Crippen LogP contribution in [-0.2, 0) is 11.4 Å². The first-order valence-corrected chi connectivity index (χ1v) is 10.1. The second-order valence-electron chi connectivity index (χ2n) is 6.92. The molecule has 7 heteroatoms. The normalized spacial score (nSPS) is 16.8. The van der Waals surface area contributed by atoms with Crippen molar-refractivity contribution in [1.29, 1.82) is 5.41 Å². The Bertz CT molecular complexity index is 755. The minimum absolute atomic E-state index is 0.124. The quantitative estimate of drug-likeness (QED) is 0.566. The van der Waals surface area contributed by atoms with Gasteiger partial charge in [0.15, 0.2) is 0 Å². The lowest BCUT2D eigenvalue weighted by Gasteiger charge is -2.26. The number of hydrogen-bond donors (Lipinski definition) is 3. The lowest BCUT2D eigenvalue weighted by atomic mass is 9.81. The first-order valence-electron chi connectivity index (χ1n) is 9.12. The van der Waals surface area contributed by atoms with Gasteiger partial charge in [-0.1, -0.05) is 25.0 Å². The lowest BCUT2D eigenvalue weighted by molar-refractivity contribution is -0.139. The van der Waals surface area contributed by atoms with Crippen LogP contribution in [0.1, 0.15) is 49.3 Å². The van der Waals surface area contributed by atoms with Crippen LogP contribution in [0.5, 0.6) is 5.75 Å². The average Bonchev–Trinajstić information content (AvgIpc) is 3.34. The topological polar surface area (TPSA) is 104 Å². The molecule has 2 unspecified atom stereocenters. The molecule has 1 aromatic carbocycles. The fourth-order valence-corrected chi connectivity index (χ4v) is 4.18. The van der Waals surface area contributed by atoms with Crippen LogP contribution in [0.3, 0.4) is 0 Å². The van der Waals surface area contributed by atoms with Crippen LogP contribution < -0.4 is 4.74 Å². The molecule has 6 nitrogen and oxygen atoms in total. The lowest BCUT2D eigenvalue weighted by Crippen LogP contribution is -2.31. The Hall–Kier alpha value is -2.25. The zero-order valence-electron chi connectivity index (χ0n) is 15.0. The van der Waals surface area contributed by atoms with Gasteiger partial charge in [0, 0.05) is 17.0 Å². The second kappa shape index (κ2) is 9.10. The van der Waals surface area contributed by atoms with Gasteiger partial charge < -0.3 is 20.4 Å². The number of carboxylic acid groups (broad SMARTS) is 1. The number of benzene rings is 1. The predicted molar refractivity (Wildman–Crippen MR) is 104 cm³/mol. The number of carbonyl (C=O) groups is 1. The van der Waals surface area contributed by atoms with E-state index in [0.717, 1.165) is 36.9 Å². The Morgan fingerprint density at radius 2 is 2.00 bits per heavy atom. The molecule has 3 rings (SSSR count). The van der Waals surface area contributed by atoms with Crippen molar-refractivity contribution in [3.8, 4) is 5.75 Å². The van der Waals surface area contributed by atoms with Gasteiger partial charge >= 0.3 is 5.97 Å². The van der Waals surface area contributed by atoms with E-state index in [0.29, 0.717) is 18.1 Å². The smallest absolute Gasteiger partial charge is 0.306 e. The molecule has 1 aromatic heterocycles. The summed E-state index contributed by atoms with van der Waals surface area (Å²) in [4.78, 5) is 15.3. The van der Waals surface area contributed by atoms with E-state index in [1.807, 2.05) is 17.5 Å². The van der Waals surface area contributed by atoms with E-state index >= 15 is 0 Å². The molecule has 2 atom stereocenters. The van der Waals surface area contributed by atoms with Gasteiger partial charge in [-0.05, 0) is 36.5 Å². The van der Waals surface area contributed by atoms with Gasteiger partial charge in [0.2, 0.25) is 0 Å². The van der Waals surface area contributed by atoms with Crippen molar-refractivity contribution in [3.63, 3.8) is 0 Å². The van der Waals surface area contributed by atoms with Gasteiger partial charge in [-0.2, -0.15) is 0 Å². The first-order chi connectivity index (χ1) is 13.0. The maximum Gasteiger partial charge on any atom is 0.306 e. The Morgan fingerprint density at radius 3 is 2.59 bits per heavy atom. The van der Waals surface area contributed by atoms with Crippen molar-refractivity contribution < 1.29 is 19.7 Å². The van der Waals surface area contributed by atoms with E-state index < -0.39 is 18.0 Å². The fraction of sp³-hybridized carbons (Fsp3) is 0.450. The SMILES string of the molecule is N=C(C1CCCC1)C(c1ccc(OCc2cscn2)cc1)C(O)CC(=O)O. The molecule has 1 saturated carbocycles. The average molecular weight is 388 g/mol. The summed E-state index contributed by atoms with van der Waals surface area (Å²) in [5.74, 6) is -0.864. The zero-order chi connectivity index (χ0) is 19.2. The molecule has 0 bridgehead atoms. The summed E-state index contributed by atoms with van der Waals surface area (Å²) in [6.07, 6.45) is 2.55. The van der Waals surface area contributed by atoms with Crippen molar-refractivity contribution in [3.05, 3.63) is 46.4 Å². The Morgan fingerprint density at radius 1 is 1.30 bits per heavy atom. The van der Waals surface area contributed by atoms with Crippen molar-refractivity contribution in [2.75, 3.05) is 0 Å². The number of hydrogen-bond acceptors (Lipinski definition) is 6. The van der Waals surface area contributed by atoms with Crippen LogP contribution in [-0.4, -0.2) is 33.0 Å². The fourth-order valence-electron chi connectivity index (χ4n) is 3.63. The Kier molecular flexibility index (Phi) is 6.58. The van der Waals surface area contributed by atoms with Gasteiger partial charge in [0.05, 0.1) is 23.7 Å². The maximum atomic E-state index is 11.1. The highest BCUT2D eigenvalue weighted by Crippen LogP contribution is 2.34. The molecule has 1 fully saturated rings. The standard InChI is InChI=1S/C20H24N2O4S/c21-20(14-3-1-2-4-14)19(17(23)9-18(24)25)13-5-7-16(8-6-13)26-10-15-11-27-12-22-15/h5-8,11-12,14,17,19,21,23H,1-4,9-10H2,(H,24,25). The number of aliphatic hydroxyl groups excluding tert-OH is 1. The maximum absolute atomic E-state index is 11.1. The van der Waals surface area contributed by atoms with Crippen LogP contribution in [0.25, 0.3) is 0 Å². The van der Waals surface area contributed by atoms with Crippen molar-refractivity contribution in [2.24, 2.45) is 5.92 Å². The molecule has 0 aliphatic heterocycles. The molecule has 1 heterocycles. The highest BCUT2D eigenvalue weighted by Gasteiger charge is 2.33. The molecule has 1 aliphatic carbocycles. The molecule has 2 aromatic rings. The predicted octanol–water partition coefficient (Wildman–Crippen LogP) is 3.85. The Labute approximate surface area is 162 Å². The number of aliphatic hydroxyl groups is 1. The monoisotopic (exact) mass is 388 g/mol. The number of ether oxygens (including phenoxy) is 1. The molecule has 0 amide bonds. The van der Waals surface area contributed by atoms with Crippen molar-refractivity contribution in [2.45, 2.75) is 50.7 Å². The van der Waals surface area contributed by atoms with E-state index in [-0.39, 0.29) is 12.3 Å². The van der Waals surface area contributed by atoms with E-state index in [9.17, 15) is 9.90 Å². The largest absolute Gasteiger partial charge is 0.487 e. The third kappa shape index (κ3) is 5.14. The number of aliphatic carboxylic acids is 1. The molecular formula is C20H24N2O4S. The summed E-state index contributed by atoms with van der Waals surface area (Å²) in [6.45, 7) is 0.381. The number of nitrogens with zero attached hydrogens (tertiary/aromatic N) is 1.